The summed E-state index contributed by atoms with van der Waals surface area (Å²) < 4.78 is 5.67. The molecule has 0 fully saturated rings. The van der Waals surface area contributed by atoms with Crippen LogP contribution in [0.3, 0.4) is 0 Å². The third-order valence-electron chi connectivity index (χ3n) is 2.41. The van der Waals surface area contributed by atoms with Crippen LogP contribution in [0.15, 0.2) is 35.0 Å². The molecule has 0 radical (unpaired) electrons. The largest absolute Gasteiger partial charge is 0.487 e. The van der Waals surface area contributed by atoms with Crippen molar-refractivity contribution in [2.75, 3.05) is 0 Å². The molecule has 2 rings (SSSR count). The molecule has 6 heteroatoms. The first-order valence-electron chi connectivity index (χ1n) is 5.60. The number of carbonyl (C=O) groups is 1. The molecule has 1 N–H and O–H groups in total. The van der Waals surface area contributed by atoms with Gasteiger partial charge in [0.1, 0.15) is 12.4 Å². The smallest absolute Gasteiger partial charge is 0.328 e. The minimum atomic E-state index is -1.05. The fraction of sp³-hybridized carbons (Fsp3) is 0.0714. The molecule has 0 aliphatic rings. The first kappa shape index (κ1) is 14.9. The maximum Gasteiger partial charge on any atom is 0.328 e. The van der Waals surface area contributed by atoms with Crippen LogP contribution in [-0.4, -0.2) is 11.1 Å². The van der Waals surface area contributed by atoms with Gasteiger partial charge in [0.15, 0.2) is 0 Å². The van der Waals surface area contributed by atoms with E-state index in [0.29, 0.717) is 28.0 Å². The summed E-state index contributed by atoms with van der Waals surface area (Å²) in [5.41, 5.74) is 1.55. The van der Waals surface area contributed by atoms with E-state index in [-0.39, 0.29) is 0 Å². The van der Waals surface area contributed by atoms with Gasteiger partial charge in [0.05, 0.1) is 5.02 Å². The Labute approximate surface area is 130 Å². The van der Waals surface area contributed by atoms with Gasteiger partial charge in [-0.1, -0.05) is 23.2 Å². The van der Waals surface area contributed by atoms with Crippen LogP contribution in [0.25, 0.3) is 6.08 Å². The number of hydrogen-bond acceptors (Lipinski definition) is 3. The zero-order chi connectivity index (χ0) is 14.5. The highest BCUT2D eigenvalue weighted by atomic mass is 35.5. The van der Waals surface area contributed by atoms with Crippen LogP contribution in [0.2, 0.25) is 10.0 Å². The molecule has 0 spiro atoms. The van der Waals surface area contributed by atoms with Crippen molar-refractivity contribution >= 4 is 46.6 Å². The van der Waals surface area contributed by atoms with Crippen LogP contribution in [-0.2, 0) is 11.4 Å². The molecule has 3 nitrogen and oxygen atoms in total. The van der Waals surface area contributed by atoms with E-state index < -0.39 is 5.97 Å². The van der Waals surface area contributed by atoms with E-state index in [1.165, 1.54) is 6.08 Å². The summed E-state index contributed by atoms with van der Waals surface area (Å²) in [5, 5.41) is 13.4. The molecule has 1 aromatic heterocycles. The van der Waals surface area contributed by atoms with E-state index in [1.54, 1.807) is 23.5 Å². The third kappa shape index (κ3) is 4.00. The highest BCUT2D eigenvalue weighted by Gasteiger charge is 2.10. The molecule has 2 aromatic rings. The van der Waals surface area contributed by atoms with Gasteiger partial charge in [-0.25, -0.2) is 4.79 Å². The molecule has 20 heavy (non-hydrogen) atoms. The van der Waals surface area contributed by atoms with Gasteiger partial charge >= 0.3 is 5.97 Å². The topological polar surface area (TPSA) is 46.5 Å². The van der Waals surface area contributed by atoms with Gasteiger partial charge in [-0.2, -0.15) is 11.3 Å². The van der Waals surface area contributed by atoms with Crippen LogP contribution in [0.4, 0.5) is 0 Å². The van der Waals surface area contributed by atoms with Crippen LogP contribution in [0, 0.1) is 0 Å². The summed E-state index contributed by atoms with van der Waals surface area (Å²) in [5.74, 6) is -0.635. The summed E-state index contributed by atoms with van der Waals surface area (Å²) in [4.78, 5) is 10.6. The molecular formula is C14H10Cl2O3S. The minimum Gasteiger partial charge on any atom is -0.487 e. The molecule has 104 valence electrons. The maximum absolute atomic E-state index is 10.6. The Morgan fingerprint density at radius 2 is 2.20 bits per heavy atom. The second kappa shape index (κ2) is 6.79. The van der Waals surface area contributed by atoms with E-state index in [0.717, 1.165) is 11.6 Å². The quantitative estimate of drug-likeness (QED) is 0.807. The van der Waals surface area contributed by atoms with Gasteiger partial charge in [0.25, 0.3) is 0 Å². The number of halogens is 2. The fourth-order valence-corrected chi connectivity index (χ4v) is 2.76. The Kier molecular flexibility index (Phi) is 5.06. The van der Waals surface area contributed by atoms with Gasteiger partial charge in [-0.15, -0.1) is 0 Å². The number of thiophene rings is 1. The van der Waals surface area contributed by atoms with Gasteiger partial charge in [-0.3, -0.25) is 0 Å². The zero-order valence-electron chi connectivity index (χ0n) is 10.2. The summed E-state index contributed by atoms with van der Waals surface area (Å²) in [6.45, 7) is 0.360. The Morgan fingerprint density at radius 1 is 1.40 bits per heavy atom. The number of hydrogen-bond donors (Lipinski definition) is 1. The maximum atomic E-state index is 10.6. The van der Waals surface area contributed by atoms with E-state index >= 15 is 0 Å². The van der Waals surface area contributed by atoms with Gasteiger partial charge in [0, 0.05) is 16.7 Å². The van der Waals surface area contributed by atoms with Crippen molar-refractivity contribution in [3.63, 3.8) is 0 Å². The van der Waals surface area contributed by atoms with E-state index in [4.69, 9.17) is 33.0 Å². The first-order chi connectivity index (χ1) is 9.56. The first-order valence-corrected chi connectivity index (χ1v) is 7.30. The molecule has 0 bridgehead atoms. The second-order valence-corrected chi connectivity index (χ2v) is 5.52. The molecule has 0 aliphatic carbocycles. The molecule has 0 unspecified atom stereocenters. The number of carboxylic acid groups (broad SMARTS) is 1. The lowest BCUT2D eigenvalue weighted by molar-refractivity contribution is -0.131. The predicted molar refractivity (Wildman–Crippen MR) is 81.8 cm³/mol. The molecule has 0 saturated heterocycles. The standard InChI is InChI=1S/C14H10Cl2O3S/c15-11-5-10(1-2-13(17)18)14(12(16)6-11)19-7-9-3-4-20-8-9/h1-6,8H,7H2,(H,17,18)/b2-1+. The van der Waals surface area contributed by atoms with Crippen molar-refractivity contribution in [2.45, 2.75) is 6.61 Å². The summed E-state index contributed by atoms with van der Waals surface area (Å²) in [6.07, 6.45) is 2.42. The van der Waals surface area contributed by atoms with E-state index in [9.17, 15) is 4.79 Å². The highest BCUT2D eigenvalue weighted by Crippen LogP contribution is 2.34. The molecular weight excluding hydrogens is 319 g/mol. The second-order valence-electron chi connectivity index (χ2n) is 3.90. The SMILES string of the molecule is O=C(O)/C=C/c1cc(Cl)cc(Cl)c1OCc1ccsc1. The number of aliphatic carboxylic acids is 1. The molecule has 1 heterocycles. The number of carboxylic acids is 1. The van der Waals surface area contributed by atoms with Crippen molar-refractivity contribution in [3.8, 4) is 5.75 Å². The monoisotopic (exact) mass is 328 g/mol. The lowest BCUT2D eigenvalue weighted by Crippen LogP contribution is -1.97. The molecule has 0 saturated carbocycles. The lowest BCUT2D eigenvalue weighted by atomic mass is 10.2. The van der Waals surface area contributed by atoms with Crippen molar-refractivity contribution in [2.24, 2.45) is 0 Å². The number of benzene rings is 1. The van der Waals surface area contributed by atoms with Gasteiger partial charge in [0.2, 0.25) is 0 Å². The molecule has 0 atom stereocenters. The summed E-state index contributed by atoms with van der Waals surface area (Å²) >= 11 is 13.6. The van der Waals surface area contributed by atoms with Crippen molar-refractivity contribution in [3.05, 3.63) is 56.2 Å². The molecule has 1 aromatic carbocycles. The van der Waals surface area contributed by atoms with Crippen LogP contribution in [0.5, 0.6) is 5.75 Å². The van der Waals surface area contributed by atoms with E-state index in [2.05, 4.69) is 0 Å². The lowest BCUT2D eigenvalue weighted by Gasteiger charge is -2.11. The molecule has 0 amide bonds. The summed E-state index contributed by atoms with van der Waals surface area (Å²) in [6, 6.07) is 5.11. The number of ether oxygens (including phenoxy) is 1. The Morgan fingerprint density at radius 3 is 2.85 bits per heavy atom. The van der Waals surface area contributed by atoms with Crippen molar-refractivity contribution < 1.29 is 14.6 Å². The summed E-state index contributed by atoms with van der Waals surface area (Å²) in [7, 11) is 0. The average Bonchev–Trinajstić information content (AvgIpc) is 2.88. The minimum absolute atomic E-state index is 0.345. The average molecular weight is 329 g/mol. The Hall–Kier alpha value is -1.49. The Balaban J connectivity index is 2.27. The van der Waals surface area contributed by atoms with E-state index in [1.807, 2.05) is 16.8 Å². The Bertz CT molecular complexity index is 636. The zero-order valence-corrected chi connectivity index (χ0v) is 12.5. The van der Waals surface area contributed by atoms with Crippen molar-refractivity contribution in [1.82, 2.24) is 0 Å². The predicted octanol–water partition coefficient (Wildman–Crippen LogP) is 4.73. The number of rotatable bonds is 5. The van der Waals surface area contributed by atoms with Gasteiger partial charge < -0.3 is 9.84 Å². The molecule has 0 aliphatic heterocycles. The van der Waals surface area contributed by atoms with Crippen LogP contribution < -0.4 is 4.74 Å². The highest BCUT2D eigenvalue weighted by molar-refractivity contribution is 7.07. The van der Waals surface area contributed by atoms with Gasteiger partial charge in [-0.05, 0) is 40.6 Å². The fourth-order valence-electron chi connectivity index (χ4n) is 1.55. The normalized spacial score (nSPS) is 10.9. The van der Waals surface area contributed by atoms with Crippen molar-refractivity contribution in [1.29, 1.82) is 0 Å². The van der Waals surface area contributed by atoms with Crippen LogP contribution >= 0.6 is 34.5 Å². The third-order valence-corrected chi connectivity index (χ3v) is 3.64. The van der Waals surface area contributed by atoms with Crippen LogP contribution in [0.1, 0.15) is 11.1 Å².